The number of ether oxygens (including phenoxy) is 5. The number of rotatable bonds is 17. The average Bonchev–Trinajstić information content (AvgIpc) is 0.942. The number of nitrogens with one attached hydrogen (secondary N) is 7. The minimum absolute atomic E-state index is 0.0115. The topological polar surface area (TPSA) is 390 Å². The van der Waals surface area contributed by atoms with Crippen LogP contribution < -0.4 is 57.5 Å². The van der Waals surface area contributed by atoms with E-state index in [9.17, 15) is 50.4 Å². The van der Waals surface area contributed by atoms with Crippen LogP contribution in [0.5, 0.6) is 11.5 Å². The zero-order valence-corrected chi connectivity index (χ0v) is 52.2. The number of fused-ring (bicyclic) bond motifs is 13. The summed E-state index contributed by atoms with van der Waals surface area (Å²) in [5.41, 5.74) is 13.7. The van der Waals surface area contributed by atoms with Gasteiger partial charge in [0.05, 0.1) is 69.0 Å². The van der Waals surface area contributed by atoms with Gasteiger partial charge in [0, 0.05) is 78.4 Å². The van der Waals surface area contributed by atoms with Crippen LogP contribution in [0, 0.1) is 29.6 Å². The third-order valence-electron chi connectivity index (χ3n) is 19.2. The van der Waals surface area contributed by atoms with E-state index in [1.54, 1.807) is 26.1 Å². The number of nitrogens with zero attached hydrogens (tertiary/aromatic N) is 1. The second-order valence-corrected chi connectivity index (χ2v) is 25.6. The number of anilines is 1. The number of carbonyl (C=O) groups is 4. The van der Waals surface area contributed by atoms with Crippen molar-refractivity contribution in [1.29, 1.82) is 0 Å². The van der Waals surface area contributed by atoms with Gasteiger partial charge in [0.1, 0.15) is 55.5 Å². The minimum Gasteiger partial charge on any atom is -0.486 e. The third-order valence-corrected chi connectivity index (χ3v) is 19.2. The first kappa shape index (κ1) is 66.8. The van der Waals surface area contributed by atoms with E-state index in [1.165, 1.54) is 18.2 Å². The summed E-state index contributed by atoms with van der Waals surface area (Å²) in [5, 5.41) is 112. The molecule has 0 spiro atoms. The number of aliphatic hydroxyl groups excluding tert-OH is 7. The van der Waals surface area contributed by atoms with Gasteiger partial charge in [0.2, 0.25) is 12.2 Å². The van der Waals surface area contributed by atoms with E-state index in [1.807, 2.05) is 53.4 Å². The van der Waals surface area contributed by atoms with Crippen molar-refractivity contribution >= 4 is 29.4 Å². The van der Waals surface area contributed by atoms with Crippen LogP contribution in [0.15, 0.2) is 90.3 Å². The summed E-state index contributed by atoms with van der Waals surface area (Å²) in [6, 6.07) is 18.4. The molecule has 94 heavy (non-hydrogen) atoms. The lowest BCUT2D eigenvalue weighted by molar-refractivity contribution is -0.310. The van der Waals surface area contributed by atoms with Crippen molar-refractivity contribution < 1.29 is 83.7 Å². The second kappa shape index (κ2) is 28.6. The molecule has 8 bridgehead atoms. The van der Waals surface area contributed by atoms with Gasteiger partial charge in [-0.05, 0) is 109 Å². The Hall–Kier alpha value is -7.24. The Kier molecular flexibility index (Phi) is 20.3. The molecule has 4 aromatic rings. The number of para-hydroxylation sites is 1. The van der Waals surface area contributed by atoms with Gasteiger partial charge in [-0.3, -0.25) is 30.8 Å². The van der Waals surface area contributed by atoms with E-state index in [4.69, 9.17) is 29.4 Å². The van der Waals surface area contributed by atoms with Crippen LogP contribution in [0.4, 0.5) is 5.69 Å². The first-order valence-corrected chi connectivity index (χ1v) is 32.1. The molecule has 3 saturated heterocycles. The fraction of sp³-hybridized carbons (Fsp3) is 0.500. The maximum atomic E-state index is 15.6. The van der Waals surface area contributed by atoms with Crippen molar-refractivity contribution in [1.82, 2.24) is 37.4 Å². The van der Waals surface area contributed by atoms with Crippen molar-refractivity contribution in [3.05, 3.63) is 146 Å². The normalized spacial score (nSPS) is 31.2. The van der Waals surface area contributed by atoms with Gasteiger partial charge in [0.15, 0.2) is 28.7 Å². The largest absolute Gasteiger partial charge is 0.486 e. The van der Waals surface area contributed by atoms with Gasteiger partial charge < -0.3 is 95.6 Å². The van der Waals surface area contributed by atoms with Crippen molar-refractivity contribution in [3.63, 3.8) is 0 Å². The van der Waals surface area contributed by atoms with E-state index in [-0.39, 0.29) is 104 Å². The molecular formula is C68H83N9O17. The summed E-state index contributed by atoms with van der Waals surface area (Å²) in [5.74, 6) is -0.233. The van der Waals surface area contributed by atoms with E-state index >= 15 is 9.59 Å². The number of aldehydes is 1. The smallest absolute Gasteiger partial charge is 0.242 e. The number of carbonyl (C=O) groups excluding carboxylic acids is 4. The van der Waals surface area contributed by atoms with Gasteiger partial charge >= 0.3 is 0 Å². The Morgan fingerprint density at radius 2 is 1.79 bits per heavy atom. The highest BCUT2D eigenvalue weighted by Gasteiger charge is 2.58. The summed E-state index contributed by atoms with van der Waals surface area (Å²) in [4.78, 5) is 58.7. The molecule has 0 radical (unpaired) electrons. The number of aliphatic hydroxyl groups is 8. The number of benzene rings is 4. The quantitative estimate of drug-likeness (QED) is 0.0292. The molecule has 8 aliphatic rings. The number of dihydropyridines is 1. The summed E-state index contributed by atoms with van der Waals surface area (Å²) < 4.78 is 34.8. The average molecular weight is 1300 g/mol. The third kappa shape index (κ3) is 13.3. The lowest BCUT2D eigenvalue weighted by Gasteiger charge is -2.47. The van der Waals surface area contributed by atoms with E-state index in [0.717, 1.165) is 5.56 Å². The molecule has 1 amide bonds. The van der Waals surface area contributed by atoms with Crippen LogP contribution in [0.3, 0.4) is 0 Å². The Morgan fingerprint density at radius 3 is 2.57 bits per heavy atom. The zero-order valence-electron chi connectivity index (χ0n) is 52.2. The molecule has 0 saturated carbocycles. The SMILES string of the molecule is CNCc1cc2cc(c1)[C@H](CCO)[C@@H](O)[C@@H](C1=CCNC(NNC[C@H](C)O)=C1)CO[C@@H]1[C@H]3Oc4c(cc5c(c4OC[C@H](O)CC=O)C(=O)c4cc(CO)ccc4C5=O)[C@@H](c4ccccc4N4CN[C@H]5C(=O)N[C@H](N)N[C@@H]54)[C@@H]4CC[C@@H](O)[C@H](C#C[C@](O)([C@H](COC4)O3)[C@H]1O)C2. The van der Waals surface area contributed by atoms with Crippen LogP contribution in [0.1, 0.15) is 110 Å². The van der Waals surface area contributed by atoms with Crippen LogP contribution in [0.25, 0.3) is 0 Å². The summed E-state index contributed by atoms with van der Waals surface area (Å²) in [6.45, 7) is 0.0722. The number of nitrogens with two attached hydrogens (primary N) is 1. The molecule has 17 atom stereocenters. The summed E-state index contributed by atoms with van der Waals surface area (Å²) >= 11 is 0. The summed E-state index contributed by atoms with van der Waals surface area (Å²) in [6.07, 6.45) is -9.80. The minimum atomic E-state index is -2.59. The van der Waals surface area contributed by atoms with Gasteiger partial charge in [-0.15, -0.1) is 0 Å². The van der Waals surface area contributed by atoms with Gasteiger partial charge in [-0.1, -0.05) is 60.4 Å². The number of allylic oxidation sites excluding steroid dienone is 1. The van der Waals surface area contributed by atoms with E-state index < -0.39 is 147 Å². The molecule has 4 aromatic carbocycles. The molecule has 1 aliphatic carbocycles. The van der Waals surface area contributed by atoms with Crippen molar-refractivity contribution in [2.24, 2.45) is 23.5 Å². The maximum Gasteiger partial charge on any atom is 0.242 e. The summed E-state index contributed by atoms with van der Waals surface area (Å²) in [7, 11) is 1.81. The molecule has 26 nitrogen and oxygen atoms in total. The van der Waals surface area contributed by atoms with Crippen molar-refractivity contribution in [2.75, 3.05) is 64.7 Å². The second-order valence-electron chi connectivity index (χ2n) is 25.6. The van der Waals surface area contributed by atoms with Gasteiger partial charge in [0.25, 0.3) is 0 Å². The molecule has 12 rings (SSSR count). The van der Waals surface area contributed by atoms with Crippen LogP contribution >= 0.6 is 0 Å². The lowest BCUT2D eigenvalue weighted by Crippen LogP contribution is -2.70. The molecular weight excluding hydrogens is 1210 g/mol. The molecule has 3 fully saturated rings. The lowest BCUT2D eigenvalue weighted by atomic mass is 9.74. The Bertz CT molecular complexity index is 3630. The molecule has 7 aliphatic heterocycles. The van der Waals surface area contributed by atoms with Crippen LogP contribution in [-0.2, 0) is 43.4 Å². The highest BCUT2D eigenvalue weighted by atomic mass is 16.7. The van der Waals surface area contributed by atoms with E-state index in [0.29, 0.717) is 52.2 Å². The maximum absolute atomic E-state index is 15.6. The molecule has 0 aromatic heterocycles. The number of ketones is 2. The standard InChI is InChI=1S/C68H83N9O17/c1-34(81)26-73-76-53-24-38(12-16-71-53)49-31-92-62-63(87)68(89)15-11-39(20-36-19-37(27-70-2)22-41(21-36)43(14-18-79)57(49)84)51(83)10-8-40-29-90-32-52(68)93-66(62)94-60-48(54(40)45-5-3-4-6-50(45)77-33-72-56-64(77)74-67(69)75-65(56)88)25-47-55(61(60)91-30-42(82)13-17-78)59(86)46-23-35(28-80)7-9-44(46)58(47)85/h3-7,9,12,17,19,21-25,34,39-40,42-43,49,51-52,54,56-57,62-64,66-67,70-74,76,79-84,87,89H,8,10,13-14,16,18,20,26-33,69H2,1-2H3,(H,75,88)/t34-,39+,40+,42+,43-,49+,51+,52-,54+,56+,57+,62-,63-,64+,66+,67+,68-/m0/s1. The van der Waals surface area contributed by atoms with Crippen LogP contribution in [0.2, 0.25) is 0 Å². The number of hydrogen-bond acceptors (Lipinski definition) is 25. The monoisotopic (exact) mass is 1300 g/mol. The Balaban J connectivity index is 1.12. The molecule has 26 heteroatoms. The molecule has 502 valence electrons. The highest BCUT2D eigenvalue weighted by molar-refractivity contribution is 6.29. The predicted octanol–water partition coefficient (Wildman–Crippen LogP) is -1.30. The van der Waals surface area contributed by atoms with Gasteiger partial charge in [-0.2, -0.15) is 0 Å². The first-order valence-electron chi connectivity index (χ1n) is 32.1. The highest BCUT2D eigenvalue weighted by Crippen LogP contribution is 2.53. The van der Waals surface area contributed by atoms with Crippen molar-refractivity contribution in [2.45, 2.75) is 137 Å². The molecule has 17 N–H and O–H groups in total. The first-order chi connectivity index (χ1) is 45.4. The Morgan fingerprint density at radius 1 is 0.957 bits per heavy atom. The molecule has 7 heterocycles. The van der Waals surface area contributed by atoms with Crippen LogP contribution in [-0.4, -0.2) is 198 Å². The molecule has 0 unspecified atom stereocenters. The number of hydrazine groups is 1. The number of hydrogen-bond donors (Lipinski definition) is 16. The fourth-order valence-electron chi connectivity index (χ4n) is 14.5. The number of amides is 1. The zero-order chi connectivity index (χ0) is 66.1. The van der Waals surface area contributed by atoms with Gasteiger partial charge in [-0.25, -0.2) is 5.43 Å². The van der Waals surface area contributed by atoms with Crippen molar-refractivity contribution in [3.8, 4) is 23.3 Å². The van der Waals surface area contributed by atoms with E-state index in [2.05, 4.69) is 49.3 Å². The predicted molar refractivity (Wildman–Crippen MR) is 338 cm³/mol. The fourth-order valence-corrected chi connectivity index (χ4v) is 14.5. The Labute approximate surface area is 543 Å².